The van der Waals surface area contributed by atoms with E-state index in [2.05, 4.69) is 10.4 Å². The maximum atomic E-state index is 13.2. The van der Waals surface area contributed by atoms with E-state index in [-0.39, 0.29) is 17.8 Å². The molecular formula is C19H18FN3OS. The Morgan fingerprint density at radius 3 is 2.92 bits per heavy atom. The van der Waals surface area contributed by atoms with Gasteiger partial charge >= 0.3 is 0 Å². The molecule has 0 aliphatic heterocycles. The quantitative estimate of drug-likeness (QED) is 0.774. The monoisotopic (exact) mass is 355 g/mol. The predicted octanol–water partition coefficient (Wildman–Crippen LogP) is 3.81. The number of hydrogen-bond donors (Lipinski definition) is 1. The molecule has 0 spiro atoms. The number of carbonyl (C=O) groups excluding carboxylic acids is 1. The van der Waals surface area contributed by atoms with E-state index in [1.807, 2.05) is 28.4 Å². The SMILES string of the molecule is O=C(Cc1cccs1)N[C@@H]1CCCc2c1cnn2-c1ccc(F)cc1. The molecule has 2 heterocycles. The molecule has 0 bridgehead atoms. The van der Waals surface area contributed by atoms with Gasteiger partial charge in [-0.15, -0.1) is 11.3 Å². The molecule has 1 amide bonds. The van der Waals surface area contributed by atoms with Crippen molar-refractivity contribution in [2.24, 2.45) is 0 Å². The molecule has 128 valence electrons. The highest BCUT2D eigenvalue weighted by atomic mass is 32.1. The van der Waals surface area contributed by atoms with E-state index in [1.165, 1.54) is 12.1 Å². The van der Waals surface area contributed by atoms with Crippen molar-refractivity contribution in [2.45, 2.75) is 31.7 Å². The van der Waals surface area contributed by atoms with E-state index >= 15 is 0 Å². The number of rotatable bonds is 4. The second-order valence-corrected chi connectivity index (χ2v) is 7.24. The van der Waals surface area contributed by atoms with Gasteiger partial charge in [-0.05, 0) is 55.0 Å². The van der Waals surface area contributed by atoms with Crippen molar-refractivity contribution < 1.29 is 9.18 Å². The average molecular weight is 355 g/mol. The Bertz CT molecular complexity index is 871. The fourth-order valence-corrected chi connectivity index (χ4v) is 4.03. The zero-order valence-electron chi connectivity index (χ0n) is 13.6. The van der Waals surface area contributed by atoms with Gasteiger partial charge in [-0.25, -0.2) is 9.07 Å². The van der Waals surface area contributed by atoms with Gasteiger partial charge in [0.2, 0.25) is 5.91 Å². The van der Waals surface area contributed by atoms with Crippen molar-refractivity contribution in [3.63, 3.8) is 0 Å². The normalized spacial score (nSPS) is 16.4. The molecular weight excluding hydrogens is 337 g/mol. The summed E-state index contributed by atoms with van der Waals surface area (Å²) >= 11 is 1.59. The number of carbonyl (C=O) groups is 1. The van der Waals surface area contributed by atoms with Gasteiger partial charge in [0, 0.05) is 16.1 Å². The average Bonchev–Trinajstić information content (AvgIpc) is 3.26. The molecule has 1 aromatic carbocycles. The standard InChI is InChI=1S/C19H18FN3OS/c20-13-6-8-14(9-7-13)23-18-5-1-4-17(16(18)12-21-23)22-19(24)11-15-3-2-10-25-15/h2-3,6-10,12,17H,1,4-5,11H2,(H,22,24)/t17-/m1/s1. The van der Waals surface area contributed by atoms with Gasteiger partial charge in [-0.3, -0.25) is 4.79 Å². The third-order valence-corrected chi connectivity index (χ3v) is 5.38. The van der Waals surface area contributed by atoms with Gasteiger partial charge in [0.05, 0.1) is 24.3 Å². The summed E-state index contributed by atoms with van der Waals surface area (Å²) < 4.78 is 15.0. The van der Waals surface area contributed by atoms with Crippen molar-refractivity contribution in [3.8, 4) is 5.69 Å². The van der Waals surface area contributed by atoms with Gasteiger partial charge in [-0.2, -0.15) is 5.10 Å². The molecule has 0 radical (unpaired) electrons. The molecule has 0 saturated heterocycles. The molecule has 3 aromatic rings. The van der Waals surface area contributed by atoms with Crippen molar-refractivity contribution >= 4 is 17.2 Å². The third kappa shape index (κ3) is 3.35. The summed E-state index contributed by atoms with van der Waals surface area (Å²) in [4.78, 5) is 13.4. The van der Waals surface area contributed by atoms with Crippen molar-refractivity contribution in [1.29, 1.82) is 0 Å². The van der Waals surface area contributed by atoms with Crippen LogP contribution in [-0.4, -0.2) is 15.7 Å². The van der Waals surface area contributed by atoms with Gasteiger partial charge in [0.15, 0.2) is 0 Å². The van der Waals surface area contributed by atoms with E-state index in [9.17, 15) is 9.18 Å². The lowest BCUT2D eigenvalue weighted by atomic mass is 9.92. The largest absolute Gasteiger partial charge is 0.349 e. The smallest absolute Gasteiger partial charge is 0.225 e. The first kappa shape index (κ1) is 16.0. The van der Waals surface area contributed by atoms with Crippen LogP contribution in [0.5, 0.6) is 0 Å². The molecule has 2 aromatic heterocycles. The van der Waals surface area contributed by atoms with Crippen LogP contribution in [0.25, 0.3) is 5.69 Å². The van der Waals surface area contributed by atoms with Gasteiger partial charge in [0.1, 0.15) is 5.82 Å². The number of benzene rings is 1. The number of amides is 1. The lowest BCUT2D eigenvalue weighted by Crippen LogP contribution is -2.31. The van der Waals surface area contributed by atoms with Gasteiger partial charge < -0.3 is 5.32 Å². The second-order valence-electron chi connectivity index (χ2n) is 6.20. The van der Waals surface area contributed by atoms with Crippen molar-refractivity contribution in [1.82, 2.24) is 15.1 Å². The second kappa shape index (κ2) is 6.80. The Balaban J connectivity index is 1.54. The number of fused-ring (bicyclic) bond motifs is 1. The Hall–Kier alpha value is -2.47. The first-order valence-corrected chi connectivity index (χ1v) is 9.23. The molecule has 25 heavy (non-hydrogen) atoms. The molecule has 4 nitrogen and oxygen atoms in total. The van der Waals surface area contributed by atoms with Crippen molar-refractivity contribution in [3.05, 3.63) is 69.9 Å². The van der Waals surface area contributed by atoms with E-state index in [1.54, 1.807) is 23.5 Å². The predicted molar refractivity (Wildman–Crippen MR) is 95.4 cm³/mol. The summed E-state index contributed by atoms with van der Waals surface area (Å²) in [5.41, 5.74) is 3.00. The van der Waals surface area contributed by atoms with E-state index in [4.69, 9.17) is 0 Å². The Morgan fingerprint density at radius 2 is 2.16 bits per heavy atom. The number of nitrogens with zero attached hydrogens (tertiary/aromatic N) is 2. The number of halogens is 1. The minimum atomic E-state index is -0.261. The molecule has 0 fully saturated rings. The Kier molecular flexibility index (Phi) is 4.36. The van der Waals surface area contributed by atoms with Crippen LogP contribution in [0.2, 0.25) is 0 Å². The van der Waals surface area contributed by atoms with E-state index in [0.29, 0.717) is 6.42 Å². The molecule has 1 atom stereocenters. The summed E-state index contributed by atoms with van der Waals surface area (Å²) in [6, 6.07) is 10.2. The highest BCUT2D eigenvalue weighted by Crippen LogP contribution is 2.31. The van der Waals surface area contributed by atoms with E-state index in [0.717, 1.165) is 41.1 Å². The van der Waals surface area contributed by atoms with Gasteiger partial charge in [-0.1, -0.05) is 6.07 Å². The molecule has 1 aliphatic carbocycles. The summed E-state index contributed by atoms with van der Waals surface area (Å²) in [6.45, 7) is 0. The summed E-state index contributed by atoms with van der Waals surface area (Å²) in [7, 11) is 0. The van der Waals surface area contributed by atoms with Crippen LogP contribution in [0.15, 0.2) is 48.0 Å². The van der Waals surface area contributed by atoms with Crippen LogP contribution >= 0.6 is 11.3 Å². The zero-order chi connectivity index (χ0) is 17.2. The molecule has 4 rings (SSSR count). The van der Waals surface area contributed by atoms with Crippen LogP contribution < -0.4 is 5.32 Å². The topological polar surface area (TPSA) is 46.9 Å². The number of nitrogens with one attached hydrogen (secondary N) is 1. The highest BCUT2D eigenvalue weighted by molar-refractivity contribution is 7.10. The fraction of sp³-hybridized carbons (Fsp3) is 0.263. The van der Waals surface area contributed by atoms with Crippen LogP contribution in [0.4, 0.5) is 4.39 Å². The summed E-state index contributed by atoms with van der Waals surface area (Å²) in [6.07, 6.45) is 5.05. The molecule has 1 aliphatic rings. The summed E-state index contributed by atoms with van der Waals surface area (Å²) in [5, 5.41) is 9.60. The first-order chi connectivity index (χ1) is 12.2. The summed E-state index contributed by atoms with van der Waals surface area (Å²) in [5.74, 6) is -0.224. The van der Waals surface area contributed by atoms with Crippen LogP contribution in [0.3, 0.4) is 0 Å². The third-order valence-electron chi connectivity index (χ3n) is 4.50. The number of thiophene rings is 1. The lowest BCUT2D eigenvalue weighted by molar-refractivity contribution is -0.121. The highest BCUT2D eigenvalue weighted by Gasteiger charge is 2.26. The van der Waals surface area contributed by atoms with E-state index < -0.39 is 0 Å². The molecule has 1 N–H and O–H groups in total. The maximum Gasteiger partial charge on any atom is 0.225 e. The van der Waals surface area contributed by atoms with Crippen LogP contribution in [0.1, 0.15) is 35.0 Å². The Morgan fingerprint density at radius 1 is 1.32 bits per heavy atom. The minimum absolute atomic E-state index is 0.00888. The molecule has 6 heteroatoms. The zero-order valence-corrected chi connectivity index (χ0v) is 14.4. The van der Waals surface area contributed by atoms with Gasteiger partial charge in [0.25, 0.3) is 0 Å². The molecule has 0 saturated carbocycles. The maximum absolute atomic E-state index is 13.2. The van der Waals surface area contributed by atoms with Crippen molar-refractivity contribution in [2.75, 3.05) is 0 Å². The van der Waals surface area contributed by atoms with Crippen LogP contribution in [0, 0.1) is 5.82 Å². The Labute approximate surface area is 149 Å². The first-order valence-electron chi connectivity index (χ1n) is 8.35. The van der Waals surface area contributed by atoms with Crippen LogP contribution in [-0.2, 0) is 17.6 Å². The lowest BCUT2D eigenvalue weighted by Gasteiger charge is -2.24. The number of hydrogen-bond acceptors (Lipinski definition) is 3. The fourth-order valence-electron chi connectivity index (χ4n) is 3.33. The minimum Gasteiger partial charge on any atom is -0.349 e. The number of aromatic nitrogens is 2. The molecule has 0 unspecified atom stereocenters.